The van der Waals surface area contributed by atoms with Gasteiger partial charge >= 0.3 is 17.9 Å². The molecule has 0 spiro atoms. The van der Waals surface area contributed by atoms with E-state index < -0.39 is 59.9 Å². The lowest BCUT2D eigenvalue weighted by molar-refractivity contribution is -0.160. The van der Waals surface area contributed by atoms with Crippen LogP contribution < -0.4 is 10.6 Å². The van der Waals surface area contributed by atoms with E-state index in [1.165, 1.54) is 11.8 Å². The number of piperidine rings is 1. The van der Waals surface area contributed by atoms with Crippen molar-refractivity contribution in [2.24, 2.45) is 17.8 Å². The summed E-state index contributed by atoms with van der Waals surface area (Å²) in [5, 5.41) is 17.4. The number of aliphatic carboxylic acids is 1. The van der Waals surface area contributed by atoms with Crippen molar-refractivity contribution in [2.75, 3.05) is 20.3 Å². The van der Waals surface area contributed by atoms with Gasteiger partial charge in [-0.2, -0.15) is 0 Å². The van der Waals surface area contributed by atoms with Gasteiger partial charge in [0.05, 0.1) is 12.0 Å². The van der Waals surface area contributed by atoms with Crippen molar-refractivity contribution in [2.45, 2.75) is 130 Å². The number of likely N-dealkylation sites (tertiary alicyclic amines) is 1. The van der Waals surface area contributed by atoms with Crippen molar-refractivity contribution in [3.63, 3.8) is 0 Å². The summed E-state index contributed by atoms with van der Waals surface area (Å²) in [6, 6.07) is 7.00. The Labute approximate surface area is 335 Å². The van der Waals surface area contributed by atoms with Gasteiger partial charge in [0.15, 0.2) is 12.8 Å². The van der Waals surface area contributed by atoms with Gasteiger partial charge in [-0.1, -0.05) is 84.7 Å². The lowest BCUT2D eigenvalue weighted by Gasteiger charge is -2.39. The fourth-order valence-electron chi connectivity index (χ4n) is 6.88. The molecule has 0 aliphatic carbocycles. The van der Waals surface area contributed by atoms with Gasteiger partial charge in [0.1, 0.15) is 16.7 Å². The molecule has 0 saturated carbocycles. The first kappa shape index (κ1) is 46.0. The summed E-state index contributed by atoms with van der Waals surface area (Å²) >= 11 is 1.12. The van der Waals surface area contributed by atoms with Crippen molar-refractivity contribution >= 4 is 47.0 Å². The molecule has 1 aliphatic heterocycles. The van der Waals surface area contributed by atoms with E-state index in [-0.39, 0.29) is 55.5 Å². The zero-order valence-electron chi connectivity index (χ0n) is 34.1. The number of amides is 3. The monoisotopic (exact) mass is 799 g/mol. The number of hydrogen-bond donors (Lipinski definition) is 3. The topological polar surface area (TPSA) is 185 Å². The molecule has 56 heavy (non-hydrogen) atoms. The second kappa shape index (κ2) is 22.4. The average molecular weight is 800 g/mol. The molecule has 1 aliphatic rings. The maximum absolute atomic E-state index is 14.7. The second-order valence-electron chi connectivity index (χ2n) is 15.2. The van der Waals surface area contributed by atoms with E-state index in [0.29, 0.717) is 24.3 Å². The number of thiazole rings is 1. The van der Waals surface area contributed by atoms with Crippen molar-refractivity contribution in [1.29, 1.82) is 0 Å². The van der Waals surface area contributed by atoms with E-state index in [4.69, 9.17) is 9.47 Å². The molecular weight excluding hydrogens is 739 g/mol. The van der Waals surface area contributed by atoms with Gasteiger partial charge in [0.25, 0.3) is 5.91 Å². The number of carbonyl (C=O) groups is 6. The predicted molar refractivity (Wildman–Crippen MR) is 212 cm³/mol. The SMILES string of the molecule is CCC(=O)OCN(C(=O)[C@@H](NC(=O)[C@H]1CCCCN1C)[C@@H](C)CC)[C@H](C[C@@H](OC(C)=O)c1nc(C(=O)N[C@@H](Cc2ccccc2)C[C@H](C)C(=O)O)cs1)C(C)C. The highest BCUT2D eigenvalue weighted by Gasteiger charge is 2.39. The van der Waals surface area contributed by atoms with Gasteiger partial charge in [-0.15, -0.1) is 11.3 Å². The molecule has 1 aromatic heterocycles. The number of likely N-dealkylation sites (N-methyl/N-ethyl adjacent to an activating group) is 1. The Kier molecular flexibility index (Phi) is 18.4. The van der Waals surface area contributed by atoms with Crippen molar-refractivity contribution < 1.29 is 43.3 Å². The maximum atomic E-state index is 14.7. The lowest BCUT2D eigenvalue weighted by Crippen LogP contribution is -2.59. The third kappa shape index (κ3) is 13.7. The van der Waals surface area contributed by atoms with Crippen LogP contribution in [-0.2, 0) is 39.9 Å². The van der Waals surface area contributed by atoms with Crippen LogP contribution in [0.5, 0.6) is 0 Å². The Morgan fingerprint density at radius 2 is 1.71 bits per heavy atom. The van der Waals surface area contributed by atoms with Crippen molar-refractivity contribution in [3.05, 3.63) is 52.0 Å². The summed E-state index contributed by atoms with van der Waals surface area (Å²) in [6.45, 7) is 12.5. The van der Waals surface area contributed by atoms with Crippen molar-refractivity contribution in [3.8, 4) is 0 Å². The Morgan fingerprint density at radius 1 is 1.02 bits per heavy atom. The molecule has 0 bridgehead atoms. The number of carboxylic acids is 1. The van der Waals surface area contributed by atoms with Crippen LogP contribution in [0.3, 0.4) is 0 Å². The molecule has 3 amide bonds. The molecule has 2 aromatic rings. The third-order valence-corrected chi connectivity index (χ3v) is 11.4. The fraction of sp³-hybridized carbons (Fsp3) is 0.634. The van der Waals surface area contributed by atoms with E-state index in [0.717, 1.165) is 36.3 Å². The number of esters is 2. The number of ether oxygens (including phenoxy) is 2. The molecule has 1 aromatic carbocycles. The Morgan fingerprint density at radius 3 is 2.30 bits per heavy atom. The van der Waals surface area contributed by atoms with E-state index in [9.17, 15) is 33.9 Å². The predicted octanol–water partition coefficient (Wildman–Crippen LogP) is 5.37. The Hall–Kier alpha value is -4.37. The number of nitrogens with zero attached hydrogens (tertiary/aromatic N) is 3. The zero-order chi connectivity index (χ0) is 41.5. The Bertz CT molecular complexity index is 1620. The van der Waals surface area contributed by atoms with Crippen LogP contribution in [-0.4, -0.2) is 100 Å². The normalized spacial score (nSPS) is 17.8. The Balaban J connectivity index is 1.94. The zero-order valence-corrected chi connectivity index (χ0v) is 34.9. The molecule has 1 fully saturated rings. The first-order valence-corrected chi connectivity index (χ1v) is 20.6. The van der Waals surface area contributed by atoms with Gasteiger partial charge in [-0.05, 0) is 56.7 Å². The smallest absolute Gasteiger partial charge is 0.307 e. The fourth-order valence-corrected chi connectivity index (χ4v) is 7.72. The van der Waals surface area contributed by atoms with Crippen LogP contribution >= 0.6 is 11.3 Å². The van der Waals surface area contributed by atoms with Gasteiger partial charge in [-0.25, -0.2) is 4.98 Å². The molecule has 3 rings (SSSR count). The van der Waals surface area contributed by atoms with Gasteiger partial charge in [-0.3, -0.25) is 33.7 Å². The molecular formula is C41H61N5O9S. The van der Waals surface area contributed by atoms with Gasteiger partial charge in [0.2, 0.25) is 11.8 Å². The number of hydrogen-bond acceptors (Lipinski definition) is 11. The van der Waals surface area contributed by atoms with E-state index >= 15 is 0 Å². The summed E-state index contributed by atoms with van der Waals surface area (Å²) in [4.78, 5) is 86.6. The summed E-state index contributed by atoms with van der Waals surface area (Å²) in [5.74, 6) is -4.44. The number of carboxylic acid groups (broad SMARTS) is 1. The minimum Gasteiger partial charge on any atom is -0.481 e. The van der Waals surface area contributed by atoms with E-state index in [1.807, 2.05) is 70.0 Å². The highest BCUT2D eigenvalue weighted by molar-refractivity contribution is 7.09. The number of aromatic nitrogens is 1. The van der Waals surface area contributed by atoms with Crippen molar-refractivity contribution in [1.82, 2.24) is 25.4 Å². The summed E-state index contributed by atoms with van der Waals surface area (Å²) in [7, 11) is 1.90. The van der Waals surface area contributed by atoms with Crippen LogP contribution in [0.2, 0.25) is 0 Å². The van der Waals surface area contributed by atoms with Gasteiger partial charge < -0.3 is 30.1 Å². The van der Waals surface area contributed by atoms with Crippen LogP contribution in [0.4, 0.5) is 0 Å². The number of benzene rings is 1. The quantitative estimate of drug-likeness (QED) is 0.109. The molecule has 3 N–H and O–H groups in total. The standard InChI is InChI=1S/C41H61N5O9S/c1-9-26(5)36(44-38(50)32-18-14-15-19-45(32)8)40(51)46(24-54-35(48)10-2)33(25(3)4)22-34(55-28(7)47)39-43-31(23-56-39)37(49)42-30(20-27(6)41(52)53)21-29-16-12-11-13-17-29/h11-13,16-17,23,25-27,30,32-34,36H,9-10,14-15,18-22,24H2,1-8H3,(H,42,49)(H,44,50)(H,52,53)/t26-,27-,30+,32+,33+,34+,36-/m0/s1. The third-order valence-electron chi connectivity index (χ3n) is 10.5. The largest absolute Gasteiger partial charge is 0.481 e. The van der Waals surface area contributed by atoms with Gasteiger partial charge in [0, 0.05) is 37.2 Å². The molecule has 1 saturated heterocycles. The summed E-state index contributed by atoms with van der Waals surface area (Å²) in [5.41, 5.74) is 1.01. The first-order valence-electron chi connectivity index (χ1n) is 19.7. The van der Waals surface area contributed by atoms with Crippen LogP contribution in [0.15, 0.2) is 35.7 Å². The lowest BCUT2D eigenvalue weighted by atomic mass is 9.92. The van der Waals surface area contributed by atoms with E-state index in [2.05, 4.69) is 15.6 Å². The molecule has 0 radical (unpaired) electrons. The molecule has 14 nitrogen and oxygen atoms in total. The summed E-state index contributed by atoms with van der Waals surface area (Å²) in [6.07, 6.45) is 2.96. The second-order valence-corrected chi connectivity index (χ2v) is 16.1. The minimum absolute atomic E-state index is 0.0561. The highest BCUT2D eigenvalue weighted by atomic mass is 32.1. The maximum Gasteiger partial charge on any atom is 0.307 e. The number of carbonyl (C=O) groups excluding carboxylic acids is 5. The summed E-state index contributed by atoms with van der Waals surface area (Å²) < 4.78 is 11.4. The van der Waals surface area contributed by atoms with Crippen LogP contribution in [0.1, 0.15) is 121 Å². The van der Waals surface area contributed by atoms with Crippen LogP contribution in [0.25, 0.3) is 0 Å². The van der Waals surface area contributed by atoms with E-state index in [1.54, 1.807) is 19.2 Å². The molecule has 7 atom stereocenters. The van der Waals surface area contributed by atoms with Crippen LogP contribution in [0, 0.1) is 17.8 Å². The molecule has 15 heteroatoms. The number of nitrogens with one attached hydrogen (secondary N) is 2. The number of rotatable bonds is 21. The molecule has 0 unspecified atom stereocenters. The average Bonchev–Trinajstić information content (AvgIpc) is 3.66. The molecule has 2 heterocycles. The first-order chi connectivity index (χ1) is 26.6. The highest BCUT2D eigenvalue weighted by Crippen LogP contribution is 2.32. The minimum atomic E-state index is -0.983. The molecule has 310 valence electrons.